The first-order valence-corrected chi connectivity index (χ1v) is 11.8. The predicted molar refractivity (Wildman–Crippen MR) is 126 cm³/mol. The van der Waals surface area contributed by atoms with Crippen molar-refractivity contribution in [1.82, 2.24) is 10.2 Å². The lowest BCUT2D eigenvalue weighted by atomic mass is 10.1. The molecule has 2 aromatic rings. The van der Waals surface area contributed by atoms with Gasteiger partial charge in [0.25, 0.3) is 0 Å². The summed E-state index contributed by atoms with van der Waals surface area (Å²) in [6.45, 7) is 9.10. The van der Waals surface area contributed by atoms with E-state index in [9.17, 15) is 9.59 Å². The maximum Gasteiger partial charge on any atom is 0.242 e. The summed E-state index contributed by atoms with van der Waals surface area (Å²) in [7, 11) is 0. The van der Waals surface area contributed by atoms with Gasteiger partial charge in [-0.15, -0.1) is 11.8 Å². The van der Waals surface area contributed by atoms with Gasteiger partial charge in [-0.05, 0) is 38.3 Å². The van der Waals surface area contributed by atoms with Gasteiger partial charge in [0.15, 0.2) is 0 Å². The van der Waals surface area contributed by atoms with E-state index >= 15 is 0 Å². The molecule has 4 nitrogen and oxygen atoms in total. The van der Waals surface area contributed by atoms with Crippen molar-refractivity contribution in [1.29, 1.82) is 0 Å². The monoisotopic (exact) mass is 426 g/mol. The molecule has 5 heteroatoms. The van der Waals surface area contributed by atoms with Gasteiger partial charge in [-0.3, -0.25) is 9.59 Å². The average molecular weight is 427 g/mol. The normalized spacial score (nSPS) is 11.7. The Bertz CT molecular complexity index is 837. The van der Waals surface area contributed by atoms with Crippen molar-refractivity contribution < 1.29 is 9.59 Å². The second-order valence-electron chi connectivity index (χ2n) is 7.81. The van der Waals surface area contributed by atoms with Gasteiger partial charge in [0.1, 0.15) is 6.04 Å². The molecule has 0 spiro atoms. The fourth-order valence-corrected chi connectivity index (χ4v) is 4.12. The van der Waals surface area contributed by atoms with E-state index in [1.54, 1.807) is 16.7 Å². The zero-order valence-electron chi connectivity index (χ0n) is 18.6. The number of hydrogen-bond acceptors (Lipinski definition) is 3. The van der Waals surface area contributed by atoms with Crippen molar-refractivity contribution in [3.63, 3.8) is 0 Å². The zero-order chi connectivity index (χ0) is 21.9. The van der Waals surface area contributed by atoms with Crippen LogP contribution in [0.4, 0.5) is 0 Å². The van der Waals surface area contributed by atoms with Crippen molar-refractivity contribution in [2.45, 2.75) is 58.9 Å². The Morgan fingerprint density at radius 1 is 1.03 bits per heavy atom. The highest BCUT2D eigenvalue weighted by molar-refractivity contribution is 7.99. The standard InChI is InChI=1S/C25H34N2O2S/c1-5-6-13-26-25(29)21(4)27(16-22-11-7-9-19(2)14-22)24(28)18-30-17-23-12-8-10-20(3)15-23/h7-12,14-15,21H,5-6,13,16-18H2,1-4H3,(H,26,29)/t21-/m1/s1. The third-order valence-corrected chi connectivity index (χ3v) is 6.00. The summed E-state index contributed by atoms with van der Waals surface area (Å²) < 4.78 is 0. The number of unbranched alkanes of at least 4 members (excludes halogenated alkanes) is 1. The molecule has 0 bridgehead atoms. The van der Waals surface area contributed by atoms with Crippen LogP contribution in [-0.4, -0.2) is 35.1 Å². The maximum absolute atomic E-state index is 13.1. The van der Waals surface area contributed by atoms with Crippen molar-refractivity contribution in [3.05, 3.63) is 70.8 Å². The highest BCUT2D eigenvalue weighted by atomic mass is 32.2. The van der Waals surface area contributed by atoms with E-state index in [0.29, 0.717) is 18.8 Å². The number of nitrogens with zero attached hydrogens (tertiary/aromatic N) is 1. The van der Waals surface area contributed by atoms with E-state index in [0.717, 1.165) is 29.7 Å². The third kappa shape index (κ3) is 7.86. The molecule has 1 atom stereocenters. The van der Waals surface area contributed by atoms with Gasteiger partial charge in [0, 0.05) is 18.8 Å². The number of carbonyl (C=O) groups is 2. The summed E-state index contributed by atoms with van der Waals surface area (Å²) in [6.07, 6.45) is 1.97. The molecule has 0 saturated heterocycles. The number of carbonyl (C=O) groups excluding carboxylic acids is 2. The number of nitrogens with one attached hydrogen (secondary N) is 1. The van der Waals surface area contributed by atoms with Crippen LogP contribution in [0, 0.1) is 13.8 Å². The van der Waals surface area contributed by atoms with Crippen LogP contribution in [0.3, 0.4) is 0 Å². The predicted octanol–water partition coefficient (Wildman–Crippen LogP) is 4.87. The van der Waals surface area contributed by atoms with E-state index in [4.69, 9.17) is 0 Å². The lowest BCUT2D eigenvalue weighted by Crippen LogP contribution is -2.48. The lowest BCUT2D eigenvalue weighted by Gasteiger charge is -2.29. The number of rotatable bonds is 11. The Kier molecular flexibility index (Phi) is 9.95. The van der Waals surface area contributed by atoms with E-state index in [1.165, 1.54) is 11.1 Å². The summed E-state index contributed by atoms with van der Waals surface area (Å²) in [6, 6.07) is 15.9. The largest absolute Gasteiger partial charge is 0.354 e. The molecule has 0 saturated carbocycles. The topological polar surface area (TPSA) is 49.4 Å². The molecule has 30 heavy (non-hydrogen) atoms. The third-order valence-electron chi connectivity index (χ3n) is 5.01. The SMILES string of the molecule is CCCCNC(=O)[C@@H](C)N(Cc1cccc(C)c1)C(=O)CSCc1cccc(C)c1. The minimum absolute atomic E-state index is 0.00713. The molecule has 2 amide bonds. The molecule has 0 aromatic heterocycles. The quantitative estimate of drug-likeness (QED) is 0.522. The molecule has 0 heterocycles. The van der Waals surface area contributed by atoms with Crippen LogP contribution in [0.25, 0.3) is 0 Å². The first kappa shape index (κ1) is 24.0. The summed E-state index contributed by atoms with van der Waals surface area (Å²) in [5.74, 6) is 1.04. The van der Waals surface area contributed by atoms with E-state index in [1.807, 2.05) is 38.1 Å². The van der Waals surface area contributed by atoms with Crippen molar-refractivity contribution in [2.75, 3.05) is 12.3 Å². The van der Waals surface area contributed by atoms with Gasteiger partial charge in [0.2, 0.25) is 11.8 Å². The van der Waals surface area contributed by atoms with Crippen LogP contribution in [0.2, 0.25) is 0 Å². The van der Waals surface area contributed by atoms with E-state index < -0.39 is 6.04 Å². The van der Waals surface area contributed by atoms with Crippen LogP contribution in [-0.2, 0) is 21.9 Å². The minimum atomic E-state index is -0.505. The van der Waals surface area contributed by atoms with Crippen molar-refractivity contribution >= 4 is 23.6 Å². The lowest BCUT2D eigenvalue weighted by molar-refractivity contribution is -0.138. The maximum atomic E-state index is 13.1. The van der Waals surface area contributed by atoms with Crippen LogP contribution in [0.15, 0.2) is 48.5 Å². The Morgan fingerprint density at radius 3 is 2.30 bits per heavy atom. The number of hydrogen-bond donors (Lipinski definition) is 1. The summed E-state index contributed by atoms with van der Waals surface area (Å²) in [4.78, 5) is 27.4. The summed E-state index contributed by atoms with van der Waals surface area (Å²) in [5, 5.41) is 2.96. The van der Waals surface area contributed by atoms with Crippen molar-refractivity contribution in [2.24, 2.45) is 0 Å². The number of aryl methyl sites for hydroxylation is 2. The van der Waals surface area contributed by atoms with Gasteiger partial charge in [0.05, 0.1) is 5.75 Å². The molecule has 0 radical (unpaired) electrons. The Labute approximate surface area is 185 Å². The number of benzene rings is 2. The second kappa shape index (κ2) is 12.4. The summed E-state index contributed by atoms with van der Waals surface area (Å²) >= 11 is 1.59. The highest BCUT2D eigenvalue weighted by Crippen LogP contribution is 2.17. The zero-order valence-corrected chi connectivity index (χ0v) is 19.4. The van der Waals surface area contributed by atoms with Gasteiger partial charge >= 0.3 is 0 Å². The van der Waals surface area contributed by atoms with Crippen LogP contribution in [0.5, 0.6) is 0 Å². The van der Waals surface area contributed by atoms with Gasteiger partial charge in [-0.25, -0.2) is 0 Å². The Balaban J connectivity index is 2.04. The fourth-order valence-electron chi connectivity index (χ4n) is 3.27. The van der Waals surface area contributed by atoms with Gasteiger partial charge < -0.3 is 10.2 Å². The average Bonchev–Trinajstić information content (AvgIpc) is 2.71. The summed E-state index contributed by atoms with van der Waals surface area (Å²) in [5.41, 5.74) is 4.62. The minimum Gasteiger partial charge on any atom is -0.354 e. The molecular formula is C25H34N2O2S. The molecule has 0 aliphatic rings. The Hall–Kier alpha value is -2.27. The smallest absolute Gasteiger partial charge is 0.242 e. The van der Waals surface area contributed by atoms with Crippen molar-refractivity contribution in [3.8, 4) is 0 Å². The van der Waals surface area contributed by atoms with Crippen LogP contribution >= 0.6 is 11.8 Å². The van der Waals surface area contributed by atoms with Gasteiger partial charge in [-0.1, -0.05) is 73.0 Å². The molecule has 0 fully saturated rings. The number of amides is 2. The molecule has 2 rings (SSSR count). The van der Waals surface area contributed by atoms with Gasteiger partial charge in [-0.2, -0.15) is 0 Å². The fraction of sp³-hybridized carbons (Fsp3) is 0.440. The molecule has 1 N–H and O–H groups in total. The van der Waals surface area contributed by atoms with Crippen LogP contribution < -0.4 is 5.32 Å². The first-order valence-electron chi connectivity index (χ1n) is 10.7. The Morgan fingerprint density at radius 2 is 1.67 bits per heavy atom. The first-order chi connectivity index (χ1) is 14.4. The molecule has 0 unspecified atom stereocenters. The number of thioether (sulfide) groups is 1. The van der Waals surface area contributed by atoms with E-state index in [2.05, 4.69) is 43.4 Å². The second-order valence-corrected chi connectivity index (χ2v) is 8.80. The molecule has 2 aromatic carbocycles. The molecular weight excluding hydrogens is 392 g/mol. The van der Waals surface area contributed by atoms with Crippen LogP contribution in [0.1, 0.15) is 48.9 Å². The molecule has 0 aliphatic heterocycles. The molecule has 162 valence electrons. The van der Waals surface area contributed by atoms with E-state index in [-0.39, 0.29) is 11.8 Å². The molecule has 0 aliphatic carbocycles. The highest BCUT2D eigenvalue weighted by Gasteiger charge is 2.25.